The number of ether oxygens (including phenoxy) is 1. The first kappa shape index (κ1) is 18.7. The van der Waals surface area contributed by atoms with Crippen molar-refractivity contribution in [3.05, 3.63) is 65.7 Å². The van der Waals surface area contributed by atoms with Crippen LogP contribution in [-0.2, 0) is 9.59 Å². The van der Waals surface area contributed by atoms with Crippen LogP contribution in [0.25, 0.3) is 0 Å². The summed E-state index contributed by atoms with van der Waals surface area (Å²) in [5, 5.41) is 14.9. The van der Waals surface area contributed by atoms with Crippen LogP contribution >= 0.6 is 0 Å². The highest BCUT2D eigenvalue weighted by atomic mass is 16.5. The average Bonchev–Trinajstić information content (AvgIpc) is 2.66. The summed E-state index contributed by atoms with van der Waals surface area (Å²) in [5.74, 6) is -1.40. The van der Waals surface area contributed by atoms with Crippen LogP contribution in [0.3, 0.4) is 0 Å². The minimum atomic E-state index is -1.02. The Bertz CT molecular complexity index is 788. The molecule has 2 aromatic rings. The lowest BCUT2D eigenvalue weighted by Crippen LogP contribution is -2.37. The normalized spacial score (nSPS) is 10.3. The lowest BCUT2D eigenvalue weighted by Gasteiger charge is -2.06. The molecular weight excluding hydrogens is 338 g/mol. The maximum absolute atomic E-state index is 11.6. The van der Waals surface area contributed by atoms with Gasteiger partial charge in [0, 0.05) is 0 Å². The number of nitrogens with one attached hydrogen (secondary N) is 2. The van der Waals surface area contributed by atoms with Crippen LogP contribution in [0.15, 0.2) is 59.7 Å². The van der Waals surface area contributed by atoms with E-state index in [0.717, 1.165) is 0 Å². The molecular formula is C18H17N3O5. The summed E-state index contributed by atoms with van der Waals surface area (Å²) in [6, 6.07) is 14.8. The Balaban J connectivity index is 1.68. The summed E-state index contributed by atoms with van der Waals surface area (Å²) in [5.41, 5.74) is 3.04. The SMILES string of the molecule is O=C(COc1ccccc1)NCC(=O)NN=Cc1ccc(C(=O)O)cc1. The molecule has 0 saturated heterocycles. The van der Waals surface area contributed by atoms with Crippen molar-refractivity contribution in [1.29, 1.82) is 0 Å². The summed E-state index contributed by atoms with van der Waals surface area (Å²) in [7, 11) is 0. The van der Waals surface area contributed by atoms with Crippen molar-refractivity contribution in [2.75, 3.05) is 13.2 Å². The van der Waals surface area contributed by atoms with Gasteiger partial charge in [-0.05, 0) is 29.8 Å². The second-order valence-electron chi connectivity index (χ2n) is 5.10. The van der Waals surface area contributed by atoms with Crippen LogP contribution in [0.2, 0.25) is 0 Å². The maximum atomic E-state index is 11.6. The summed E-state index contributed by atoms with van der Waals surface area (Å²) < 4.78 is 5.25. The summed E-state index contributed by atoms with van der Waals surface area (Å²) in [6.07, 6.45) is 1.36. The van der Waals surface area contributed by atoms with Gasteiger partial charge in [-0.15, -0.1) is 0 Å². The largest absolute Gasteiger partial charge is 0.484 e. The number of hydrazone groups is 1. The van der Waals surface area contributed by atoms with Crippen LogP contribution in [0.1, 0.15) is 15.9 Å². The molecule has 2 aromatic carbocycles. The zero-order valence-corrected chi connectivity index (χ0v) is 13.7. The zero-order valence-electron chi connectivity index (χ0n) is 13.7. The number of aromatic carboxylic acids is 1. The van der Waals surface area contributed by atoms with Crippen molar-refractivity contribution in [3.63, 3.8) is 0 Å². The standard InChI is InChI=1S/C18H17N3O5/c22-16(11-19-17(23)12-26-15-4-2-1-3-5-15)21-20-10-13-6-8-14(9-7-13)18(24)25/h1-10H,11-12H2,(H,19,23)(H,21,22)(H,24,25). The number of benzene rings is 2. The molecule has 26 heavy (non-hydrogen) atoms. The molecule has 0 saturated carbocycles. The molecule has 0 aliphatic rings. The van der Waals surface area contributed by atoms with E-state index in [-0.39, 0.29) is 18.7 Å². The highest BCUT2D eigenvalue weighted by molar-refractivity contribution is 5.90. The van der Waals surface area contributed by atoms with Crippen LogP contribution in [0, 0.1) is 0 Å². The molecule has 3 N–H and O–H groups in total. The van der Waals surface area contributed by atoms with Gasteiger partial charge in [0.15, 0.2) is 6.61 Å². The molecule has 0 aliphatic heterocycles. The number of carboxylic acids is 1. The fourth-order valence-electron chi connectivity index (χ4n) is 1.83. The molecule has 134 valence electrons. The Labute approximate surface area is 149 Å². The van der Waals surface area contributed by atoms with Gasteiger partial charge in [-0.3, -0.25) is 9.59 Å². The highest BCUT2D eigenvalue weighted by Gasteiger charge is 2.05. The lowest BCUT2D eigenvalue weighted by atomic mass is 10.1. The van der Waals surface area contributed by atoms with Gasteiger partial charge in [-0.1, -0.05) is 30.3 Å². The fourth-order valence-corrected chi connectivity index (χ4v) is 1.83. The quantitative estimate of drug-likeness (QED) is 0.483. The number of carboxylic acid groups (broad SMARTS) is 1. The minimum absolute atomic E-state index is 0.159. The number of para-hydroxylation sites is 1. The fraction of sp³-hybridized carbons (Fsp3) is 0.111. The van der Waals surface area contributed by atoms with E-state index < -0.39 is 17.8 Å². The van der Waals surface area contributed by atoms with E-state index in [4.69, 9.17) is 9.84 Å². The Kier molecular flexibility index (Phi) is 6.87. The van der Waals surface area contributed by atoms with Crippen molar-refractivity contribution >= 4 is 24.0 Å². The van der Waals surface area contributed by atoms with Gasteiger partial charge in [0.25, 0.3) is 11.8 Å². The van der Waals surface area contributed by atoms with E-state index in [1.54, 1.807) is 36.4 Å². The smallest absolute Gasteiger partial charge is 0.335 e. The number of carbonyl (C=O) groups excluding carboxylic acids is 2. The van der Waals surface area contributed by atoms with Gasteiger partial charge in [0.05, 0.1) is 18.3 Å². The summed E-state index contributed by atoms with van der Waals surface area (Å²) in [6.45, 7) is -0.442. The van der Waals surface area contributed by atoms with Crippen molar-refractivity contribution in [3.8, 4) is 5.75 Å². The van der Waals surface area contributed by atoms with Gasteiger partial charge in [-0.2, -0.15) is 5.10 Å². The summed E-state index contributed by atoms with van der Waals surface area (Å²) in [4.78, 5) is 33.9. The Hall–Kier alpha value is -3.68. The van der Waals surface area contributed by atoms with Crippen LogP contribution in [0.4, 0.5) is 0 Å². The van der Waals surface area contributed by atoms with Crippen molar-refractivity contribution in [1.82, 2.24) is 10.7 Å². The van der Waals surface area contributed by atoms with Crippen LogP contribution in [0.5, 0.6) is 5.75 Å². The lowest BCUT2D eigenvalue weighted by molar-refractivity contribution is -0.127. The first-order valence-electron chi connectivity index (χ1n) is 7.64. The van der Waals surface area contributed by atoms with E-state index in [1.807, 2.05) is 6.07 Å². The third kappa shape index (κ3) is 6.44. The van der Waals surface area contributed by atoms with Gasteiger partial charge in [-0.25, -0.2) is 10.2 Å². The molecule has 0 unspecified atom stereocenters. The van der Waals surface area contributed by atoms with Gasteiger partial charge >= 0.3 is 5.97 Å². The highest BCUT2D eigenvalue weighted by Crippen LogP contribution is 2.07. The first-order valence-corrected chi connectivity index (χ1v) is 7.64. The number of amides is 2. The zero-order chi connectivity index (χ0) is 18.8. The van der Waals surface area contributed by atoms with Crippen molar-refractivity contribution in [2.45, 2.75) is 0 Å². The predicted molar refractivity (Wildman–Crippen MR) is 94.1 cm³/mol. The molecule has 8 heteroatoms. The topological polar surface area (TPSA) is 117 Å². The molecule has 0 radical (unpaired) electrons. The molecule has 2 amide bonds. The molecule has 2 rings (SSSR count). The molecule has 0 fully saturated rings. The molecule has 0 spiro atoms. The van der Waals surface area contributed by atoms with Gasteiger partial charge < -0.3 is 15.2 Å². The summed E-state index contributed by atoms with van der Waals surface area (Å²) >= 11 is 0. The minimum Gasteiger partial charge on any atom is -0.484 e. The third-order valence-corrected chi connectivity index (χ3v) is 3.12. The second kappa shape index (κ2) is 9.58. The van der Waals surface area contributed by atoms with Crippen LogP contribution in [-0.4, -0.2) is 42.3 Å². The monoisotopic (exact) mass is 355 g/mol. The van der Waals surface area contributed by atoms with E-state index in [0.29, 0.717) is 11.3 Å². The molecule has 0 atom stereocenters. The maximum Gasteiger partial charge on any atom is 0.335 e. The number of hydrogen-bond acceptors (Lipinski definition) is 5. The third-order valence-electron chi connectivity index (χ3n) is 3.12. The molecule has 8 nitrogen and oxygen atoms in total. The number of carbonyl (C=O) groups is 3. The number of nitrogens with zero attached hydrogens (tertiary/aromatic N) is 1. The van der Waals surface area contributed by atoms with Crippen LogP contribution < -0.4 is 15.5 Å². The molecule has 0 heterocycles. The van der Waals surface area contributed by atoms with Gasteiger partial charge in [0.1, 0.15) is 5.75 Å². The number of hydrogen-bond donors (Lipinski definition) is 3. The van der Waals surface area contributed by atoms with E-state index in [9.17, 15) is 14.4 Å². The van der Waals surface area contributed by atoms with E-state index in [2.05, 4.69) is 15.8 Å². The first-order chi connectivity index (χ1) is 12.5. The van der Waals surface area contributed by atoms with Gasteiger partial charge in [0.2, 0.25) is 0 Å². The Morgan fingerprint density at radius 2 is 1.69 bits per heavy atom. The van der Waals surface area contributed by atoms with E-state index in [1.165, 1.54) is 18.3 Å². The Morgan fingerprint density at radius 1 is 1.00 bits per heavy atom. The van der Waals surface area contributed by atoms with Crippen molar-refractivity contribution in [2.24, 2.45) is 5.10 Å². The van der Waals surface area contributed by atoms with E-state index >= 15 is 0 Å². The molecule has 0 aromatic heterocycles. The predicted octanol–water partition coefficient (Wildman–Crippen LogP) is 1.03. The second-order valence-corrected chi connectivity index (χ2v) is 5.10. The molecule has 0 bridgehead atoms. The Morgan fingerprint density at radius 3 is 2.35 bits per heavy atom. The van der Waals surface area contributed by atoms with Crippen molar-refractivity contribution < 1.29 is 24.2 Å². The molecule has 0 aliphatic carbocycles. The average molecular weight is 355 g/mol. The number of rotatable bonds is 8.